The lowest BCUT2D eigenvalue weighted by Crippen LogP contribution is -2.40. The van der Waals surface area contributed by atoms with Gasteiger partial charge in [-0.1, -0.05) is 6.42 Å². The van der Waals surface area contributed by atoms with E-state index in [9.17, 15) is 14.7 Å². The topological polar surface area (TPSA) is 105 Å². The normalized spacial score (nSPS) is 26.1. The number of carbonyl (C=O) groups is 2. The van der Waals surface area contributed by atoms with Gasteiger partial charge in [-0.25, -0.2) is 4.98 Å². The molecular weight excluding hydrogens is 246 g/mol. The molecule has 1 heterocycles. The SMILES string of the molecule is CC1(C(=O)O)CCCC1Nc1cc(C(N)=O)ccn1. The molecule has 19 heavy (non-hydrogen) atoms. The van der Waals surface area contributed by atoms with Crippen molar-refractivity contribution in [2.24, 2.45) is 11.1 Å². The summed E-state index contributed by atoms with van der Waals surface area (Å²) in [5, 5.41) is 12.4. The molecule has 102 valence electrons. The van der Waals surface area contributed by atoms with Crippen molar-refractivity contribution in [2.75, 3.05) is 5.32 Å². The minimum atomic E-state index is -0.812. The van der Waals surface area contributed by atoms with Crippen LogP contribution in [0.15, 0.2) is 18.3 Å². The zero-order chi connectivity index (χ0) is 14.0. The maximum absolute atomic E-state index is 11.4. The van der Waals surface area contributed by atoms with E-state index in [1.54, 1.807) is 13.0 Å². The van der Waals surface area contributed by atoms with Crippen LogP contribution in [0.1, 0.15) is 36.5 Å². The number of hydrogen-bond donors (Lipinski definition) is 3. The van der Waals surface area contributed by atoms with Gasteiger partial charge in [-0.15, -0.1) is 0 Å². The highest BCUT2D eigenvalue weighted by molar-refractivity contribution is 5.93. The molecule has 1 aliphatic carbocycles. The van der Waals surface area contributed by atoms with Crippen molar-refractivity contribution in [2.45, 2.75) is 32.2 Å². The number of nitrogens with one attached hydrogen (secondary N) is 1. The van der Waals surface area contributed by atoms with Gasteiger partial charge in [-0.3, -0.25) is 9.59 Å². The summed E-state index contributed by atoms with van der Waals surface area (Å²) in [5.41, 5.74) is 4.76. The van der Waals surface area contributed by atoms with Crippen LogP contribution in [0.4, 0.5) is 5.82 Å². The third kappa shape index (κ3) is 2.52. The first-order valence-electron chi connectivity index (χ1n) is 6.19. The lowest BCUT2D eigenvalue weighted by Gasteiger charge is -2.28. The van der Waals surface area contributed by atoms with Crippen molar-refractivity contribution in [1.82, 2.24) is 4.98 Å². The van der Waals surface area contributed by atoms with Crippen LogP contribution in [0, 0.1) is 5.41 Å². The number of rotatable bonds is 4. The predicted molar refractivity (Wildman–Crippen MR) is 69.8 cm³/mol. The Morgan fingerprint density at radius 2 is 2.32 bits per heavy atom. The smallest absolute Gasteiger partial charge is 0.311 e. The summed E-state index contributed by atoms with van der Waals surface area (Å²) in [6.45, 7) is 1.73. The van der Waals surface area contributed by atoms with Crippen LogP contribution in [-0.2, 0) is 4.79 Å². The number of aromatic nitrogens is 1. The van der Waals surface area contributed by atoms with Gasteiger partial charge in [-0.2, -0.15) is 0 Å². The second-order valence-corrected chi connectivity index (χ2v) is 5.11. The number of nitrogens with two attached hydrogens (primary N) is 1. The summed E-state index contributed by atoms with van der Waals surface area (Å²) in [6, 6.07) is 2.88. The molecule has 0 saturated heterocycles. The average molecular weight is 263 g/mol. The number of nitrogens with zero attached hydrogens (tertiary/aromatic N) is 1. The fourth-order valence-corrected chi connectivity index (χ4v) is 2.49. The summed E-state index contributed by atoms with van der Waals surface area (Å²) in [6.07, 6.45) is 3.74. The molecule has 6 heteroatoms. The first-order valence-corrected chi connectivity index (χ1v) is 6.19. The average Bonchev–Trinajstić information content (AvgIpc) is 2.73. The number of amides is 1. The molecule has 0 spiro atoms. The van der Waals surface area contributed by atoms with Gasteiger partial charge in [0.2, 0.25) is 5.91 Å². The lowest BCUT2D eigenvalue weighted by atomic mass is 9.85. The van der Waals surface area contributed by atoms with E-state index in [0.717, 1.165) is 12.8 Å². The van der Waals surface area contributed by atoms with Gasteiger partial charge < -0.3 is 16.2 Å². The Kier molecular flexibility index (Phi) is 3.42. The highest BCUT2D eigenvalue weighted by Gasteiger charge is 2.45. The van der Waals surface area contributed by atoms with Gasteiger partial charge >= 0.3 is 5.97 Å². The van der Waals surface area contributed by atoms with Crippen LogP contribution in [0.2, 0.25) is 0 Å². The van der Waals surface area contributed by atoms with Crippen molar-refractivity contribution in [3.05, 3.63) is 23.9 Å². The van der Waals surface area contributed by atoms with Gasteiger partial charge in [0, 0.05) is 17.8 Å². The zero-order valence-electron chi connectivity index (χ0n) is 10.7. The quantitative estimate of drug-likeness (QED) is 0.757. The van der Waals surface area contributed by atoms with Crippen LogP contribution >= 0.6 is 0 Å². The fraction of sp³-hybridized carbons (Fsp3) is 0.462. The number of anilines is 1. The van der Waals surface area contributed by atoms with Crippen molar-refractivity contribution < 1.29 is 14.7 Å². The number of carboxylic acids is 1. The lowest BCUT2D eigenvalue weighted by molar-refractivity contribution is -0.147. The van der Waals surface area contributed by atoms with Gasteiger partial charge in [0.05, 0.1) is 5.41 Å². The largest absolute Gasteiger partial charge is 0.481 e. The Balaban J connectivity index is 2.19. The molecule has 6 nitrogen and oxygen atoms in total. The Labute approximate surface area is 111 Å². The van der Waals surface area contributed by atoms with Crippen molar-refractivity contribution >= 4 is 17.7 Å². The molecule has 2 atom stereocenters. The maximum atomic E-state index is 11.4. The molecule has 1 amide bonds. The van der Waals surface area contributed by atoms with Crippen molar-refractivity contribution in [3.63, 3.8) is 0 Å². The van der Waals surface area contributed by atoms with Crippen LogP contribution < -0.4 is 11.1 Å². The van der Waals surface area contributed by atoms with Crippen LogP contribution in [-0.4, -0.2) is 28.0 Å². The third-order valence-corrected chi connectivity index (χ3v) is 3.81. The van der Waals surface area contributed by atoms with Crippen molar-refractivity contribution in [3.8, 4) is 0 Å². The Morgan fingerprint density at radius 1 is 1.58 bits per heavy atom. The number of aliphatic carboxylic acids is 1. The van der Waals surface area contributed by atoms with Crippen LogP contribution in [0.25, 0.3) is 0 Å². The van der Waals surface area contributed by atoms with Crippen LogP contribution in [0.3, 0.4) is 0 Å². The number of pyridine rings is 1. The molecule has 2 rings (SSSR count). The fourth-order valence-electron chi connectivity index (χ4n) is 2.49. The minimum Gasteiger partial charge on any atom is -0.481 e. The Morgan fingerprint density at radius 3 is 2.95 bits per heavy atom. The highest BCUT2D eigenvalue weighted by atomic mass is 16.4. The van der Waals surface area contributed by atoms with E-state index in [2.05, 4.69) is 10.3 Å². The summed E-state index contributed by atoms with van der Waals surface area (Å²) in [4.78, 5) is 26.6. The molecule has 0 radical (unpaired) electrons. The second-order valence-electron chi connectivity index (χ2n) is 5.11. The standard InChI is InChI=1S/C13H17N3O3/c1-13(12(18)19)5-2-3-9(13)16-10-7-8(11(14)17)4-6-15-10/h4,6-7,9H,2-3,5H2,1H3,(H2,14,17)(H,15,16)(H,18,19). The molecule has 2 unspecified atom stereocenters. The van der Waals surface area contributed by atoms with Gasteiger partial charge in [0.15, 0.2) is 0 Å². The summed E-state index contributed by atoms with van der Waals surface area (Å²) in [7, 11) is 0. The van der Waals surface area contributed by atoms with E-state index in [4.69, 9.17) is 5.73 Å². The summed E-state index contributed by atoms with van der Waals surface area (Å²) >= 11 is 0. The monoisotopic (exact) mass is 263 g/mol. The third-order valence-electron chi connectivity index (χ3n) is 3.81. The minimum absolute atomic E-state index is 0.194. The number of primary amides is 1. The van der Waals surface area contributed by atoms with Crippen LogP contribution in [0.5, 0.6) is 0 Å². The highest BCUT2D eigenvalue weighted by Crippen LogP contribution is 2.39. The molecule has 1 saturated carbocycles. The maximum Gasteiger partial charge on any atom is 0.311 e. The number of carboxylic acid groups (broad SMARTS) is 1. The molecule has 1 aromatic rings. The first-order chi connectivity index (χ1) is 8.93. The van der Waals surface area contributed by atoms with Gasteiger partial charge in [0.25, 0.3) is 0 Å². The Bertz CT molecular complexity index is 518. The number of carbonyl (C=O) groups excluding carboxylic acids is 1. The molecule has 0 aliphatic heterocycles. The molecule has 1 aliphatic rings. The predicted octanol–water partition coefficient (Wildman–Crippen LogP) is 1.24. The van der Waals surface area contributed by atoms with E-state index in [-0.39, 0.29) is 6.04 Å². The van der Waals surface area contributed by atoms with Gasteiger partial charge in [-0.05, 0) is 31.9 Å². The molecule has 1 aromatic heterocycles. The van der Waals surface area contributed by atoms with E-state index in [0.29, 0.717) is 17.8 Å². The molecule has 0 aromatic carbocycles. The Hall–Kier alpha value is -2.11. The molecular formula is C13H17N3O3. The summed E-state index contributed by atoms with van der Waals surface area (Å²) in [5.74, 6) is -0.859. The van der Waals surface area contributed by atoms with E-state index < -0.39 is 17.3 Å². The van der Waals surface area contributed by atoms with E-state index in [1.165, 1.54) is 12.3 Å². The van der Waals surface area contributed by atoms with E-state index in [1.807, 2.05) is 0 Å². The second kappa shape index (κ2) is 4.87. The van der Waals surface area contributed by atoms with Gasteiger partial charge in [0.1, 0.15) is 5.82 Å². The summed E-state index contributed by atoms with van der Waals surface area (Å²) < 4.78 is 0. The first kappa shape index (κ1) is 13.3. The molecule has 0 bridgehead atoms. The number of hydrogen-bond acceptors (Lipinski definition) is 4. The van der Waals surface area contributed by atoms with E-state index >= 15 is 0 Å². The molecule has 1 fully saturated rings. The molecule has 4 N–H and O–H groups in total. The van der Waals surface area contributed by atoms with Crippen molar-refractivity contribution in [1.29, 1.82) is 0 Å². The zero-order valence-corrected chi connectivity index (χ0v) is 10.7.